The Morgan fingerprint density at radius 3 is 0.780 bits per heavy atom. The molecule has 0 aliphatic heterocycles. The zero-order valence-corrected chi connectivity index (χ0v) is 80.0. The second-order valence-electron chi connectivity index (χ2n) is 36.9. The predicted molar refractivity (Wildman–Crippen MR) is 607 cm³/mol. The number of nitriles is 5. The van der Waals surface area contributed by atoms with Gasteiger partial charge in [-0.2, -0.15) is 26.3 Å². The van der Waals surface area contributed by atoms with Gasteiger partial charge in [-0.15, -0.1) is 0 Å². The van der Waals surface area contributed by atoms with E-state index in [0.717, 1.165) is 199 Å². The minimum atomic E-state index is 0.548. The molecule has 0 aliphatic carbocycles. The molecule has 15 heteroatoms. The summed E-state index contributed by atoms with van der Waals surface area (Å²) in [7, 11) is 0. The van der Waals surface area contributed by atoms with Gasteiger partial charge in [-0.3, -0.25) is 0 Å². The Balaban J connectivity index is 0.000000116. The minimum absolute atomic E-state index is 0.548. The molecular weight excluding hydrogens is 1830 g/mol. The zero-order valence-electron chi connectivity index (χ0n) is 80.0. The Labute approximate surface area is 861 Å². The summed E-state index contributed by atoms with van der Waals surface area (Å²) in [5.41, 5.74) is 36.0. The number of benzene rings is 21. The topological polar surface area (TPSA) is 166 Å². The maximum atomic E-state index is 9.87. The molecule has 0 N–H and O–H groups in total. The first-order valence-corrected chi connectivity index (χ1v) is 48.7. The highest BCUT2D eigenvalue weighted by molar-refractivity contribution is 6.18. The Hall–Kier alpha value is -22.2. The largest absolute Gasteiger partial charge is 0.311 e. The van der Waals surface area contributed by atoms with Crippen LogP contribution >= 0.6 is 0 Å². The van der Waals surface area contributed by atoms with E-state index in [0.29, 0.717) is 50.6 Å². The standard InChI is InChI=1S/3C45H25N5/c1-47-33-22-24-43-38(27-33)45-39(48-2)13-8-16-44(45)49(43)34-10-7-9-32(26-34)30-18-20-31(21-19-30)37-25-29(28-46)17-23-42(37)50-40-14-5-3-11-35(40)36-12-4-6-15-41(36)50;1-48-34-19-22-44-40(26-34)38-20-13-30(28-47)24-45(38)49(44)35-8-6-7-33(25-35)31-15-17-32(18-16-31)39-23-29(27-46)14-21-43(39)50-41-11-4-2-9-36(41)37-10-3-5-12-42(37)50;1-48-34-19-22-45-40(26-34)39-24-30(28-47)14-21-44(39)49(45)35-8-6-7-33(25-35)31-15-17-32(18-16-31)38-23-29(27-46)13-20-43(38)50-41-11-4-2-9-36(41)37-10-3-5-12-42(37)50/h3-27H;2*2-26H. The Morgan fingerprint density at radius 1 is 0.167 bits per heavy atom. The Morgan fingerprint density at radius 2 is 0.427 bits per heavy atom. The Bertz CT molecular complexity index is 10300. The smallest absolute Gasteiger partial charge is 0.197 e. The fraction of sp³-hybridized carbons (Fsp3) is 0. The molecule has 0 atom stereocenters. The lowest BCUT2D eigenvalue weighted by Crippen LogP contribution is -1.98. The third-order valence-corrected chi connectivity index (χ3v) is 28.8. The Kier molecular flexibility index (Phi) is 22.0. The van der Waals surface area contributed by atoms with Crippen molar-refractivity contribution in [1.82, 2.24) is 27.4 Å². The van der Waals surface area contributed by atoms with Gasteiger partial charge in [0.2, 0.25) is 0 Å². The number of aromatic nitrogens is 6. The molecule has 0 saturated carbocycles. The average Bonchev–Trinajstić information content (AvgIpc) is 1.60. The van der Waals surface area contributed by atoms with Crippen LogP contribution in [0.5, 0.6) is 0 Å². The lowest BCUT2D eigenvalue weighted by atomic mass is 9.97. The number of fused-ring (bicyclic) bond motifs is 18. The summed E-state index contributed by atoms with van der Waals surface area (Å²) >= 11 is 0. The van der Waals surface area contributed by atoms with Crippen molar-refractivity contribution >= 4 is 154 Å². The molecule has 27 aromatic rings. The highest BCUT2D eigenvalue weighted by Gasteiger charge is 2.26. The van der Waals surface area contributed by atoms with Crippen molar-refractivity contribution in [2.45, 2.75) is 0 Å². The van der Waals surface area contributed by atoms with E-state index in [9.17, 15) is 26.3 Å². The highest BCUT2D eigenvalue weighted by atomic mass is 15.0. The van der Waals surface area contributed by atoms with E-state index in [2.05, 4.69) is 387 Å². The van der Waals surface area contributed by atoms with Crippen LogP contribution < -0.4 is 0 Å². The van der Waals surface area contributed by atoms with Gasteiger partial charge in [0, 0.05) is 87.7 Å². The molecule has 0 bridgehead atoms. The fourth-order valence-corrected chi connectivity index (χ4v) is 22.0. The first kappa shape index (κ1) is 89.2. The summed E-state index contributed by atoms with van der Waals surface area (Å²) in [6.07, 6.45) is 0. The number of hydrogen-bond donors (Lipinski definition) is 0. The summed E-state index contributed by atoms with van der Waals surface area (Å²) in [6.45, 7) is 30.5. The molecule has 27 rings (SSSR count). The first-order chi connectivity index (χ1) is 73.9. The minimum Gasteiger partial charge on any atom is -0.311 e. The van der Waals surface area contributed by atoms with Gasteiger partial charge in [0.05, 0.1) is 162 Å². The van der Waals surface area contributed by atoms with Crippen LogP contribution in [-0.2, 0) is 0 Å². The van der Waals surface area contributed by atoms with E-state index < -0.39 is 0 Å². The fourth-order valence-electron chi connectivity index (χ4n) is 22.0. The van der Waals surface area contributed by atoms with Crippen molar-refractivity contribution < 1.29 is 0 Å². The van der Waals surface area contributed by atoms with Crippen molar-refractivity contribution in [3.63, 3.8) is 0 Å². The second kappa shape index (κ2) is 37.0. The number of rotatable bonds is 12. The molecule has 690 valence electrons. The monoisotopic (exact) mass is 1910 g/mol. The van der Waals surface area contributed by atoms with Gasteiger partial charge in [-0.05, 0) is 266 Å². The van der Waals surface area contributed by atoms with Gasteiger partial charge in [0.15, 0.2) is 22.7 Å². The number of para-hydroxylation sites is 6. The van der Waals surface area contributed by atoms with Crippen LogP contribution in [0, 0.1) is 82.9 Å². The summed E-state index contributed by atoms with van der Waals surface area (Å²) in [5, 5.41) is 61.7. The van der Waals surface area contributed by atoms with Gasteiger partial charge >= 0.3 is 0 Å². The van der Waals surface area contributed by atoms with Crippen LogP contribution in [0.3, 0.4) is 0 Å². The lowest BCUT2D eigenvalue weighted by molar-refractivity contribution is 1.18. The molecular formula is C135H75N15. The maximum absolute atomic E-state index is 9.87. The normalized spacial score (nSPS) is 11.1. The summed E-state index contributed by atoms with van der Waals surface area (Å²) in [4.78, 5) is 14.8. The summed E-state index contributed by atoms with van der Waals surface area (Å²) in [5.74, 6) is 0. The molecule has 0 amide bonds. The average molecular weight is 1910 g/mol. The van der Waals surface area contributed by atoms with E-state index >= 15 is 0 Å². The molecule has 0 radical (unpaired) electrons. The molecule has 6 aromatic heterocycles. The maximum Gasteiger partial charge on any atom is 0.197 e. The summed E-state index contributed by atoms with van der Waals surface area (Å²) in [6, 6.07) is 165. The zero-order chi connectivity index (χ0) is 101. The van der Waals surface area contributed by atoms with Crippen molar-refractivity contribution in [1.29, 1.82) is 26.3 Å². The van der Waals surface area contributed by atoms with E-state index in [-0.39, 0.29) is 0 Å². The molecule has 21 aromatic carbocycles. The molecule has 0 aliphatic rings. The van der Waals surface area contributed by atoms with Crippen molar-refractivity contribution in [3.05, 3.63) is 528 Å². The highest BCUT2D eigenvalue weighted by Crippen LogP contribution is 2.47. The molecule has 0 unspecified atom stereocenters. The molecule has 15 nitrogen and oxygen atoms in total. The van der Waals surface area contributed by atoms with Gasteiger partial charge < -0.3 is 27.4 Å². The first-order valence-electron chi connectivity index (χ1n) is 48.7. The lowest BCUT2D eigenvalue weighted by Gasteiger charge is -2.15. The van der Waals surface area contributed by atoms with Crippen molar-refractivity contribution in [2.24, 2.45) is 0 Å². The van der Waals surface area contributed by atoms with Crippen LogP contribution in [-0.4, -0.2) is 27.4 Å². The van der Waals surface area contributed by atoms with Crippen molar-refractivity contribution in [2.75, 3.05) is 0 Å². The number of nitrogens with zero attached hydrogens (tertiary/aromatic N) is 15. The van der Waals surface area contributed by atoms with Crippen LogP contribution in [0.15, 0.2) is 455 Å². The van der Waals surface area contributed by atoms with Gasteiger partial charge in [0.25, 0.3) is 0 Å². The van der Waals surface area contributed by atoms with Crippen molar-refractivity contribution in [3.8, 4) is 131 Å². The quantitative estimate of drug-likeness (QED) is 0.111. The van der Waals surface area contributed by atoms with Gasteiger partial charge in [0.1, 0.15) is 0 Å². The molecule has 6 heterocycles. The van der Waals surface area contributed by atoms with Gasteiger partial charge in [-0.1, -0.05) is 255 Å². The number of hydrogen-bond acceptors (Lipinski definition) is 5. The van der Waals surface area contributed by atoms with E-state index in [4.69, 9.17) is 26.3 Å². The van der Waals surface area contributed by atoms with E-state index in [1.54, 1.807) is 0 Å². The predicted octanol–water partition coefficient (Wildman–Crippen LogP) is 35.2. The van der Waals surface area contributed by atoms with Crippen LogP contribution in [0.25, 0.3) is 251 Å². The molecule has 0 saturated heterocycles. The molecule has 150 heavy (non-hydrogen) atoms. The second-order valence-corrected chi connectivity index (χ2v) is 36.9. The molecule has 0 fully saturated rings. The third kappa shape index (κ3) is 15.1. The van der Waals surface area contributed by atoms with Crippen LogP contribution in [0.4, 0.5) is 22.7 Å². The van der Waals surface area contributed by atoms with Crippen LogP contribution in [0.2, 0.25) is 0 Å². The third-order valence-electron chi connectivity index (χ3n) is 28.8. The van der Waals surface area contributed by atoms with Gasteiger partial charge in [-0.25, -0.2) is 19.4 Å². The SMILES string of the molecule is [C-]#[N+]c1ccc2c(c1)c1c([N+]#[C-])cccc1n2-c1cccc(-c2ccc(-c3cc(C#N)ccc3-n3c4ccccc4c4ccccc43)cc2)c1.[C-]#[N+]c1ccc2c(c1)c1cc(C#N)ccc1n2-c1cccc(-c2ccc(-c3cc(C#N)ccc3-n3c4ccccc4c4ccccc43)cc2)c1.[C-]#[N+]c1ccc2c(c1)c1ccc(C#N)cc1n2-c1cccc(-c2ccc(-c3cc(C#N)ccc3-n3c4ccccc4c4ccccc43)cc2)c1. The van der Waals surface area contributed by atoms with Crippen LogP contribution in [0.1, 0.15) is 27.8 Å². The summed E-state index contributed by atoms with van der Waals surface area (Å²) < 4.78 is 13.4. The molecule has 0 spiro atoms. The van der Waals surface area contributed by atoms with E-state index in [1.165, 1.54) is 32.3 Å². The van der Waals surface area contributed by atoms with E-state index in [1.807, 2.05) is 146 Å².